The van der Waals surface area contributed by atoms with E-state index in [0.717, 1.165) is 18.2 Å². The third-order valence-electron chi connectivity index (χ3n) is 2.45. The van der Waals surface area contributed by atoms with E-state index in [1.807, 2.05) is 0 Å². The molecule has 0 spiro atoms. The summed E-state index contributed by atoms with van der Waals surface area (Å²) < 4.78 is 31.0. The van der Waals surface area contributed by atoms with Crippen molar-refractivity contribution in [3.05, 3.63) is 65.7 Å². The van der Waals surface area contributed by atoms with E-state index in [1.165, 1.54) is 30.3 Å². The molecule has 0 radical (unpaired) electrons. The summed E-state index contributed by atoms with van der Waals surface area (Å²) in [6.45, 7) is 0. The molecule has 0 bridgehead atoms. The van der Waals surface area contributed by atoms with Gasteiger partial charge in [0.15, 0.2) is 0 Å². The van der Waals surface area contributed by atoms with E-state index in [1.54, 1.807) is 0 Å². The number of carboxylic acids is 1. The molecule has 0 aliphatic rings. The molecule has 0 heterocycles. The normalized spacial score (nSPS) is 11.9. The topological polar surface area (TPSA) is 46.5 Å². The highest BCUT2D eigenvalue weighted by Crippen LogP contribution is 2.23. The number of carbonyl (C=O) groups is 1. The number of ether oxygens (including phenoxy) is 1. The summed E-state index contributed by atoms with van der Waals surface area (Å²) in [5.41, 5.74) is 0.276. The molecule has 3 nitrogen and oxygen atoms in total. The maximum Gasteiger partial charge on any atom is 0.349 e. The summed E-state index contributed by atoms with van der Waals surface area (Å²) in [7, 11) is 0. The SMILES string of the molecule is O=C(O)C(Oc1cccc(F)c1)c1ccc(F)cc1. The zero-order valence-corrected chi connectivity index (χ0v) is 9.72. The van der Waals surface area contributed by atoms with Crippen molar-refractivity contribution in [2.75, 3.05) is 0 Å². The molecule has 1 N–H and O–H groups in total. The summed E-state index contributed by atoms with van der Waals surface area (Å²) in [6, 6.07) is 10.1. The Morgan fingerprint density at radius 3 is 2.32 bits per heavy atom. The summed E-state index contributed by atoms with van der Waals surface area (Å²) in [6.07, 6.45) is -1.32. The molecule has 19 heavy (non-hydrogen) atoms. The van der Waals surface area contributed by atoms with Crippen LogP contribution < -0.4 is 4.74 Å². The number of hydrogen-bond donors (Lipinski definition) is 1. The molecular formula is C14H10F2O3. The predicted molar refractivity (Wildman–Crippen MR) is 63.8 cm³/mol. The third kappa shape index (κ3) is 3.28. The Morgan fingerprint density at radius 2 is 1.74 bits per heavy atom. The van der Waals surface area contributed by atoms with E-state index < -0.39 is 23.7 Å². The first kappa shape index (κ1) is 13.0. The number of hydrogen-bond acceptors (Lipinski definition) is 2. The standard InChI is InChI=1S/C14H10F2O3/c15-10-6-4-9(5-7-10)13(14(17)18)19-12-3-1-2-11(16)8-12/h1-8,13H,(H,17,18). The Kier molecular flexibility index (Phi) is 3.75. The molecule has 1 unspecified atom stereocenters. The smallest absolute Gasteiger partial charge is 0.349 e. The van der Waals surface area contributed by atoms with Crippen molar-refractivity contribution in [3.63, 3.8) is 0 Å². The number of halogens is 2. The van der Waals surface area contributed by atoms with Gasteiger partial charge in [-0.2, -0.15) is 0 Å². The minimum Gasteiger partial charge on any atom is -0.478 e. The lowest BCUT2D eigenvalue weighted by Crippen LogP contribution is -2.18. The third-order valence-corrected chi connectivity index (χ3v) is 2.45. The maximum atomic E-state index is 13.0. The molecule has 2 rings (SSSR count). The van der Waals surface area contributed by atoms with Gasteiger partial charge in [0.25, 0.3) is 0 Å². The Hall–Kier alpha value is -2.43. The Morgan fingerprint density at radius 1 is 1.05 bits per heavy atom. The monoisotopic (exact) mass is 264 g/mol. The first-order chi connectivity index (χ1) is 9.06. The van der Waals surface area contributed by atoms with Crippen molar-refractivity contribution in [1.82, 2.24) is 0 Å². The second kappa shape index (κ2) is 5.48. The molecule has 0 aromatic heterocycles. The molecule has 0 saturated heterocycles. The van der Waals surface area contributed by atoms with Gasteiger partial charge < -0.3 is 9.84 Å². The lowest BCUT2D eigenvalue weighted by Gasteiger charge is -2.15. The first-order valence-electron chi connectivity index (χ1n) is 5.47. The van der Waals surface area contributed by atoms with Gasteiger partial charge in [0, 0.05) is 11.6 Å². The zero-order chi connectivity index (χ0) is 13.8. The van der Waals surface area contributed by atoms with Crippen molar-refractivity contribution in [2.45, 2.75) is 6.10 Å². The fraction of sp³-hybridized carbons (Fsp3) is 0.0714. The molecular weight excluding hydrogens is 254 g/mol. The van der Waals surface area contributed by atoms with E-state index in [9.17, 15) is 13.6 Å². The fourth-order valence-corrected chi connectivity index (χ4v) is 1.57. The summed E-state index contributed by atoms with van der Waals surface area (Å²) in [5.74, 6) is -2.15. The quantitative estimate of drug-likeness (QED) is 0.922. The molecule has 5 heteroatoms. The van der Waals surface area contributed by atoms with Gasteiger partial charge in [-0.05, 0) is 24.3 Å². The van der Waals surface area contributed by atoms with Gasteiger partial charge in [0.05, 0.1) is 0 Å². The van der Waals surface area contributed by atoms with Gasteiger partial charge in [-0.25, -0.2) is 13.6 Å². The van der Waals surface area contributed by atoms with Crippen LogP contribution in [0.25, 0.3) is 0 Å². The van der Waals surface area contributed by atoms with Crippen molar-refractivity contribution in [1.29, 1.82) is 0 Å². The highest BCUT2D eigenvalue weighted by atomic mass is 19.1. The second-order valence-corrected chi connectivity index (χ2v) is 3.85. The van der Waals surface area contributed by atoms with Gasteiger partial charge in [-0.3, -0.25) is 0 Å². The van der Waals surface area contributed by atoms with Gasteiger partial charge in [0.1, 0.15) is 17.4 Å². The van der Waals surface area contributed by atoms with E-state index in [4.69, 9.17) is 9.84 Å². The van der Waals surface area contributed by atoms with Crippen LogP contribution in [-0.4, -0.2) is 11.1 Å². The van der Waals surface area contributed by atoms with Crippen molar-refractivity contribution < 1.29 is 23.4 Å². The van der Waals surface area contributed by atoms with E-state index >= 15 is 0 Å². The number of aliphatic carboxylic acids is 1. The average molecular weight is 264 g/mol. The summed E-state index contributed by atoms with van der Waals surface area (Å²) in [5, 5.41) is 9.11. The molecule has 0 aliphatic carbocycles. The lowest BCUT2D eigenvalue weighted by molar-refractivity contribution is -0.145. The van der Waals surface area contributed by atoms with Gasteiger partial charge >= 0.3 is 5.97 Å². The molecule has 0 amide bonds. The lowest BCUT2D eigenvalue weighted by atomic mass is 10.1. The average Bonchev–Trinajstić information content (AvgIpc) is 2.37. The van der Waals surface area contributed by atoms with Gasteiger partial charge in [0.2, 0.25) is 6.10 Å². The molecule has 98 valence electrons. The largest absolute Gasteiger partial charge is 0.478 e. The van der Waals surface area contributed by atoms with Gasteiger partial charge in [-0.15, -0.1) is 0 Å². The molecule has 1 atom stereocenters. The van der Waals surface area contributed by atoms with Crippen LogP contribution in [-0.2, 0) is 4.79 Å². The molecule has 2 aromatic rings. The van der Waals surface area contributed by atoms with Gasteiger partial charge in [-0.1, -0.05) is 18.2 Å². The molecule has 0 fully saturated rings. The van der Waals surface area contributed by atoms with Crippen LogP contribution in [0.15, 0.2) is 48.5 Å². The number of rotatable bonds is 4. The van der Waals surface area contributed by atoms with E-state index in [-0.39, 0.29) is 11.3 Å². The van der Waals surface area contributed by atoms with Crippen molar-refractivity contribution in [2.24, 2.45) is 0 Å². The predicted octanol–water partition coefficient (Wildman–Crippen LogP) is 3.17. The maximum absolute atomic E-state index is 13.0. The molecule has 2 aromatic carbocycles. The van der Waals surface area contributed by atoms with Crippen LogP contribution >= 0.6 is 0 Å². The Bertz CT molecular complexity index is 581. The highest BCUT2D eigenvalue weighted by molar-refractivity contribution is 5.74. The molecule has 0 saturated carbocycles. The van der Waals surface area contributed by atoms with Crippen LogP contribution in [0.5, 0.6) is 5.75 Å². The van der Waals surface area contributed by atoms with Crippen molar-refractivity contribution >= 4 is 5.97 Å². The van der Waals surface area contributed by atoms with Crippen LogP contribution in [0.4, 0.5) is 8.78 Å². The Balaban J connectivity index is 2.26. The van der Waals surface area contributed by atoms with Crippen LogP contribution in [0, 0.1) is 11.6 Å². The van der Waals surface area contributed by atoms with Crippen molar-refractivity contribution in [3.8, 4) is 5.75 Å². The minimum absolute atomic E-state index is 0.0942. The van der Waals surface area contributed by atoms with E-state index in [0.29, 0.717) is 0 Å². The Labute approximate surface area is 108 Å². The number of carboxylic acid groups (broad SMARTS) is 1. The minimum atomic E-state index is -1.32. The van der Waals surface area contributed by atoms with Crippen LogP contribution in [0.2, 0.25) is 0 Å². The van der Waals surface area contributed by atoms with Crippen LogP contribution in [0.1, 0.15) is 11.7 Å². The summed E-state index contributed by atoms with van der Waals surface area (Å²) >= 11 is 0. The fourth-order valence-electron chi connectivity index (χ4n) is 1.57. The highest BCUT2D eigenvalue weighted by Gasteiger charge is 2.22. The number of benzene rings is 2. The first-order valence-corrected chi connectivity index (χ1v) is 5.47. The second-order valence-electron chi connectivity index (χ2n) is 3.85. The van der Waals surface area contributed by atoms with Crippen LogP contribution in [0.3, 0.4) is 0 Å². The molecule has 0 aliphatic heterocycles. The zero-order valence-electron chi connectivity index (χ0n) is 9.72. The van der Waals surface area contributed by atoms with E-state index in [2.05, 4.69) is 0 Å². The summed E-state index contributed by atoms with van der Waals surface area (Å²) in [4.78, 5) is 11.2.